The van der Waals surface area contributed by atoms with Gasteiger partial charge >= 0.3 is 0 Å². The number of hydrogen-bond acceptors (Lipinski definition) is 3. The van der Waals surface area contributed by atoms with Gasteiger partial charge in [-0.15, -0.1) is 0 Å². The van der Waals surface area contributed by atoms with Crippen LogP contribution >= 0.6 is 11.6 Å². The molecule has 16 heavy (non-hydrogen) atoms. The van der Waals surface area contributed by atoms with Crippen molar-refractivity contribution < 1.29 is 0 Å². The van der Waals surface area contributed by atoms with Crippen LogP contribution in [-0.4, -0.2) is 22.5 Å². The lowest BCUT2D eigenvalue weighted by Crippen LogP contribution is -2.21. The molecule has 0 aliphatic carbocycles. The Labute approximate surface area is 99.6 Å². The first-order valence-electron chi connectivity index (χ1n) is 5.35. The second-order valence-electron chi connectivity index (χ2n) is 3.57. The fourth-order valence-corrected chi connectivity index (χ4v) is 2.08. The minimum Gasteiger partial charge on any atom is -0.372 e. The molecule has 0 amide bonds. The first-order valence-corrected chi connectivity index (χ1v) is 5.73. The van der Waals surface area contributed by atoms with Gasteiger partial charge in [0.1, 0.15) is 0 Å². The fraction of sp³-hybridized carbons (Fsp3) is 0.364. The van der Waals surface area contributed by atoms with Crippen LogP contribution in [0.4, 0.5) is 11.6 Å². The average Bonchev–Trinajstić information content (AvgIpc) is 2.57. The van der Waals surface area contributed by atoms with E-state index in [1.807, 2.05) is 18.3 Å². The minimum atomic E-state index is 0.422. The van der Waals surface area contributed by atoms with Crippen molar-refractivity contribution in [2.45, 2.75) is 13.8 Å². The molecule has 0 unspecified atom stereocenters. The summed E-state index contributed by atoms with van der Waals surface area (Å²) < 4.78 is 1.79. The Morgan fingerprint density at radius 2 is 2.12 bits per heavy atom. The summed E-state index contributed by atoms with van der Waals surface area (Å²) in [6.45, 7) is 6.18. The summed E-state index contributed by atoms with van der Waals surface area (Å²) in [5, 5.41) is 0.450. The summed E-state index contributed by atoms with van der Waals surface area (Å²) >= 11 is 6.01. The number of halogens is 1. The van der Waals surface area contributed by atoms with E-state index in [1.165, 1.54) is 0 Å². The van der Waals surface area contributed by atoms with Gasteiger partial charge in [0.15, 0.2) is 5.15 Å². The lowest BCUT2D eigenvalue weighted by Gasteiger charge is -2.21. The van der Waals surface area contributed by atoms with Gasteiger partial charge in [-0.25, -0.2) is 4.98 Å². The third-order valence-electron chi connectivity index (χ3n) is 2.74. The van der Waals surface area contributed by atoms with Crippen LogP contribution < -0.4 is 10.6 Å². The van der Waals surface area contributed by atoms with E-state index in [0.717, 1.165) is 24.3 Å². The molecular formula is C11H15ClN4. The molecule has 0 atom stereocenters. The standard InChI is InChI=1S/C11H15ClN4/c1-3-15(4-2)8-5-6-16-9(7-8)10(12)14-11(16)13/h5-7H,3-4H2,1-2H3,(H2,13,14). The molecule has 2 heterocycles. The molecule has 0 bridgehead atoms. The van der Waals surface area contributed by atoms with Gasteiger partial charge in [0, 0.05) is 25.0 Å². The molecule has 5 heteroatoms. The molecule has 86 valence electrons. The van der Waals surface area contributed by atoms with Crippen LogP contribution in [0.5, 0.6) is 0 Å². The molecule has 2 aromatic rings. The van der Waals surface area contributed by atoms with Gasteiger partial charge in [-0.05, 0) is 26.0 Å². The Balaban J connectivity index is 2.55. The fourth-order valence-electron chi connectivity index (χ4n) is 1.84. The van der Waals surface area contributed by atoms with E-state index in [0.29, 0.717) is 11.1 Å². The third-order valence-corrected chi connectivity index (χ3v) is 3.02. The topological polar surface area (TPSA) is 46.6 Å². The maximum atomic E-state index is 6.01. The van der Waals surface area contributed by atoms with Crippen LogP contribution in [-0.2, 0) is 0 Å². The van der Waals surface area contributed by atoms with Crippen molar-refractivity contribution in [3.8, 4) is 0 Å². The van der Waals surface area contributed by atoms with Gasteiger partial charge < -0.3 is 10.6 Å². The summed E-state index contributed by atoms with van der Waals surface area (Å²) in [4.78, 5) is 6.28. The minimum absolute atomic E-state index is 0.422. The highest BCUT2D eigenvalue weighted by Crippen LogP contribution is 2.24. The largest absolute Gasteiger partial charge is 0.372 e. The van der Waals surface area contributed by atoms with Crippen LogP contribution in [0.15, 0.2) is 18.3 Å². The summed E-state index contributed by atoms with van der Waals surface area (Å²) in [6.07, 6.45) is 1.90. The molecule has 0 aliphatic heterocycles. The second kappa shape index (κ2) is 4.22. The van der Waals surface area contributed by atoms with Crippen molar-refractivity contribution in [3.63, 3.8) is 0 Å². The molecule has 0 aliphatic rings. The zero-order valence-electron chi connectivity index (χ0n) is 9.44. The van der Waals surface area contributed by atoms with Gasteiger partial charge in [0.25, 0.3) is 0 Å². The predicted molar refractivity (Wildman–Crippen MR) is 68.2 cm³/mol. The van der Waals surface area contributed by atoms with Crippen molar-refractivity contribution in [1.82, 2.24) is 9.38 Å². The maximum absolute atomic E-state index is 6.01. The first kappa shape index (κ1) is 11.1. The maximum Gasteiger partial charge on any atom is 0.206 e. The van der Waals surface area contributed by atoms with Gasteiger partial charge in [-0.1, -0.05) is 11.6 Å². The van der Waals surface area contributed by atoms with E-state index < -0.39 is 0 Å². The van der Waals surface area contributed by atoms with Crippen LogP contribution in [0, 0.1) is 0 Å². The highest BCUT2D eigenvalue weighted by Gasteiger charge is 2.09. The Hall–Kier alpha value is -1.42. The van der Waals surface area contributed by atoms with Crippen LogP contribution in [0.2, 0.25) is 5.15 Å². The van der Waals surface area contributed by atoms with Crippen molar-refractivity contribution in [3.05, 3.63) is 23.5 Å². The van der Waals surface area contributed by atoms with Gasteiger partial charge in [-0.3, -0.25) is 4.40 Å². The highest BCUT2D eigenvalue weighted by molar-refractivity contribution is 6.33. The van der Waals surface area contributed by atoms with Crippen molar-refractivity contribution in [2.24, 2.45) is 0 Å². The lowest BCUT2D eigenvalue weighted by atomic mass is 10.3. The smallest absolute Gasteiger partial charge is 0.206 e. The first-order chi connectivity index (χ1) is 7.67. The zero-order valence-corrected chi connectivity index (χ0v) is 10.2. The summed E-state index contributed by atoms with van der Waals surface area (Å²) in [5.74, 6) is 0.422. The SMILES string of the molecule is CCN(CC)c1ccn2c(N)nc(Cl)c2c1. The quantitative estimate of drug-likeness (QED) is 0.893. The summed E-state index contributed by atoms with van der Waals surface area (Å²) in [7, 11) is 0. The van der Waals surface area contributed by atoms with Gasteiger partial charge in [0.2, 0.25) is 5.95 Å². The number of imidazole rings is 1. The molecule has 0 fully saturated rings. The number of rotatable bonds is 3. The molecule has 2 rings (SSSR count). The Morgan fingerprint density at radius 3 is 2.75 bits per heavy atom. The Bertz CT molecular complexity index is 502. The summed E-state index contributed by atoms with van der Waals surface area (Å²) in [5.41, 5.74) is 7.71. The number of nitrogens with zero attached hydrogens (tertiary/aromatic N) is 3. The Kier molecular flexibility index (Phi) is 2.92. The third kappa shape index (κ3) is 1.69. The average molecular weight is 239 g/mol. The monoisotopic (exact) mass is 238 g/mol. The van der Waals surface area contributed by atoms with E-state index in [1.54, 1.807) is 4.40 Å². The van der Waals surface area contributed by atoms with E-state index in [9.17, 15) is 0 Å². The normalized spacial score (nSPS) is 10.9. The number of nitrogens with two attached hydrogens (primary N) is 1. The van der Waals surface area contributed by atoms with E-state index in [2.05, 4.69) is 23.7 Å². The summed E-state index contributed by atoms with van der Waals surface area (Å²) in [6, 6.07) is 4.03. The van der Waals surface area contributed by atoms with E-state index >= 15 is 0 Å². The molecular weight excluding hydrogens is 224 g/mol. The molecule has 0 spiro atoms. The Morgan fingerprint density at radius 1 is 1.44 bits per heavy atom. The van der Waals surface area contributed by atoms with E-state index in [4.69, 9.17) is 17.3 Å². The number of fused-ring (bicyclic) bond motifs is 1. The van der Waals surface area contributed by atoms with Crippen LogP contribution in [0.3, 0.4) is 0 Å². The lowest BCUT2D eigenvalue weighted by molar-refractivity contribution is 0.865. The van der Waals surface area contributed by atoms with Gasteiger partial charge in [0.05, 0.1) is 5.52 Å². The van der Waals surface area contributed by atoms with Crippen LogP contribution in [0.1, 0.15) is 13.8 Å². The molecule has 0 saturated heterocycles. The van der Waals surface area contributed by atoms with Crippen molar-refractivity contribution >= 4 is 28.8 Å². The molecule has 2 aromatic heterocycles. The second-order valence-corrected chi connectivity index (χ2v) is 3.93. The molecule has 0 saturated carbocycles. The number of pyridine rings is 1. The predicted octanol–water partition coefficient (Wildman–Crippen LogP) is 2.42. The van der Waals surface area contributed by atoms with Crippen molar-refractivity contribution in [1.29, 1.82) is 0 Å². The molecule has 4 nitrogen and oxygen atoms in total. The molecule has 0 aromatic carbocycles. The number of hydrogen-bond donors (Lipinski definition) is 1. The number of anilines is 2. The number of nitrogen functional groups attached to an aromatic ring is 1. The van der Waals surface area contributed by atoms with E-state index in [-0.39, 0.29) is 0 Å². The number of aromatic nitrogens is 2. The highest BCUT2D eigenvalue weighted by atomic mass is 35.5. The molecule has 2 N–H and O–H groups in total. The molecule has 0 radical (unpaired) electrons. The van der Waals surface area contributed by atoms with Crippen LogP contribution in [0.25, 0.3) is 5.52 Å². The van der Waals surface area contributed by atoms with Crippen molar-refractivity contribution in [2.75, 3.05) is 23.7 Å². The van der Waals surface area contributed by atoms with Gasteiger partial charge in [-0.2, -0.15) is 0 Å². The zero-order chi connectivity index (χ0) is 11.7.